The molecule has 22 heavy (non-hydrogen) atoms. The lowest BCUT2D eigenvalue weighted by atomic mass is 10.1. The quantitative estimate of drug-likeness (QED) is 0.847. The van der Waals surface area contributed by atoms with E-state index in [9.17, 15) is 4.79 Å². The molecule has 0 aromatic heterocycles. The molecule has 122 valence electrons. The van der Waals surface area contributed by atoms with Crippen LogP contribution in [0, 0.1) is 12.8 Å². The molecule has 4 heteroatoms. The fourth-order valence-corrected chi connectivity index (χ4v) is 2.86. The molecular formula is C18H30N3O+. The number of aryl methyl sites for hydroxylation is 1. The number of hydrogen-bond acceptors (Lipinski definition) is 2. The van der Waals surface area contributed by atoms with E-state index in [4.69, 9.17) is 0 Å². The van der Waals surface area contributed by atoms with Crippen LogP contribution in [0.5, 0.6) is 0 Å². The summed E-state index contributed by atoms with van der Waals surface area (Å²) in [5, 5.41) is 3.11. The van der Waals surface area contributed by atoms with Gasteiger partial charge in [0.05, 0.1) is 26.2 Å². The maximum Gasteiger partial charge on any atom is 0.275 e. The first-order valence-corrected chi connectivity index (χ1v) is 8.41. The second-order valence-corrected chi connectivity index (χ2v) is 6.80. The topological polar surface area (TPSA) is 36.8 Å². The summed E-state index contributed by atoms with van der Waals surface area (Å²) in [7, 11) is 0. The number of nitrogens with one attached hydrogen (secondary N) is 2. The van der Waals surface area contributed by atoms with Gasteiger partial charge in [0.1, 0.15) is 0 Å². The Bertz CT molecular complexity index is 493. The summed E-state index contributed by atoms with van der Waals surface area (Å²) < 4.78 is 0. The summed E-state index contributed by atoms with van der Waals surface area (Å²) in [4.78, 5) is 15.9. The molecule has 0 saturated carbocycles. The molecule has 0 radical (unpaired) electrons. The lowest BCUT2D eigenvalue weighted by Crippen LogP contribution is -3.16. The molecule has 0 aliphatic carbocycles. The number of para-hydroxylation sites is 1. The fourth-order valence-electron chi connectivity index (χ4n) is 2.86. The molecule has 0 bridgehead atoms. The van der Waals surface area contributed by atoms with Crippen LogP contribution in [0.15, 0.2) is 24.3 Å². The van der Waals surface area contributed by atoms with Gasteiger partial charge in [-0.1, -0.05) is 32.0 Å². The molecule has 1 aromatic rings. The molecule has 1 aromatic carbocycles. The van der Waals surface area contributed by atoms with Gasteiger partial charge in [-0.15, -0.1) is 0 Å². The van der Waals surface area contributed by atoms with Crippen molar-refractivity contribution in [3.8, 4) is 0 Å². The van der Waals surface area contributed by atoms with E-state index in [0.717, 1.165) is 26.2 Å². The average molecular weight is 304 g/mol. The molecular weight excluding hydrogens is 274 g/mol. The second-order valence-electron chi connectivity index (χ2n) is 6.80. The maximum atomic E-state index is 12.1. The molecule has 1 atom stereocenters. The number of carbonyl (C=O) groups excluding carboxylic acids is 1. The molecule has 2 rings (SSSR count). The van der Waals surface area contributed by atoms with Gasteiger partial charge in [-0.05, 0) is 31.4 Å². The molecule has 0 spiro atoms. The van der Waals surface area contributed by atoms with E-state index < -0.39 is 0 Å². The first-order chi connectivity index (χ1) is 10.5. The predicted molar refractivity (Wildman–Crippen MR) is 91.4 cm³/mol. The van der Waals surface area contributed by atoms with E-state index in [1.165, 1.54) is 16.2 Å². The van der Waals surface area contributed by atoms with E-state index in [0.29, 0.717) is 12.5 Å². The molecule has 4 nitrogen and oxygen atoms in total. The van der Waals surface area contributed by atoms with Crippen molar-refractivity contribution in [1.29, 1.82) is 0 Å². The van der Waals surface area contributed by atoms with Crippen molar-refractivity contribution in [3.63, 3.8) is 0 Å². The Balaban J connectivity index is 1.80. The fraction of sp³-hybridized carbons (Fsp3) is 0.611. The number of carbonyl (C=O) groups is 1. The van der Waals surface area contributed by atoms with Gasteiger partial charge in [0, 0.05) is 11.7 Å². The first-order valence-electron chi connectivity index (χ1n) is 8.41. The van der Waals surface area contributed by atoms with E-state index in [2.05, 4.69) is 62.2 Å². The van der Waals surface area contributed by atoms with Gasteiger partial charge in [-0.3, -0.25) is 4.79 Å². The van der Waals surface area contributed by atoms with Crippen LogP contribution in [-0.2, 0) is 4.79 Å². The second kappa shape index (κ2) is 7.63. The first kappa shape index (κ1) is 16.8. The summed E-state index contributed by atoms with van der Waals surface area (Å²) in [6.07, 6.45) is 0. The molecule has 1 aliphatic heterocycles. The van der Waals surface area contributed by atoms with Crippen LogP contribution < -0.4 is 15.1 Å². The minimum Gasteiger partial charge on any atom is -0.360 e. The number of hydrogen-bond donors (Lipinski definition) is 2. The van der Waals surface area contributed by atoms with Crippen LogP contribution in [0.25, 0.3) is 0 Å². The van der Waals surface area contributed by atoms with E-state index in [1.54, 1.807) is 0 Å². The lowest BCUT2D eigenvalue weighted by molar-refractivity contribution is -0.892. The zero-order valence-electron chi connectivity index (χ0n) is 14.4. The van der Waals surface area contributed by atoms with Gasteiger partial charge >= 0.3 is 0 Å². The van der Waals surface area contributed by atoms with E-state index in [1.807, 2.05) is 0 Å². The highest BCUT2D eigenvalue weighted by Gasteiger charge is 2.23. The third kappa shape index (κ3) is 4.47. The minimum absolute atomic E-state index is 0.181. The standard InChI is InChI=1S/C18H29N3O/c1-14(2)16(4)19-18(22)13-20-9-11-21(12-10-20)17-8-6-5-7-15(17)3/h5-8,14,16H,9-13H2,1-4H3,(H,19,22)/p+1/t16-/m1/s1. The van der Waals surface area contributed by atoms with Gasteiger partial charge in [0.25, 0.3) is 5.91 Å². The van der Waals surface area contributed by atoms with Crippen LogP contribution >= 0.6 is 0 Å². The predicted octanol–water partition coefficient (Wildman–Crippen LogP) is 0.861. The number of benzene rings is 1. The highest BCUT2D eigenvalue weighted by molar-refractivity contribution is 5.77. The van der Waals surface area contributed by atoms with E-state index >= 15 is 0 Å². The zero-order chi connectivity index (χ0) is 16.1. The molecule has 1 aliphatic rings. The van der Waals surface area contributed by atoms with Crippen molar-refractivity contribution >= 4 is 11.6 Å². The van der Waals surface area contributed by atoms with Crippen molar-refractivity contribution < 1.29 is 9.69 Å². The Labute approximate surface area is 134 Å². The molecule has 0 unspecified atom stereocenters. The van der Waals surface area contributed by atoms with Crippen molar-refractivity contribution in [1.82, 2.24) is 5.32 Å². The van der Waals surface area contributed by atoms with Gasteiger partial charge in [0.2, 0.25) is 0 Å². The van der Waals surface area contributed by atoms with Crippen molar-refractivity contribution in [2.24, 2.45) is 5.92 Å². The maximum absolute atomic E-state index is 12.1. The normalized spacial score (nSPS) is 17.6. The number of amides is 1. The van der Waals surface area contributed by atoms with Crippen LogP contribution in [0.3, 0.4) is 0 Å². The van der Waals surface area contributed by atoms with Crippen LogP contribution in [-0.4, -0.2) is 44.7 Å². The highest BCUT2D eigenvalue weighted by atomic mass is 16.2. The van der Waals surface area contributed by atoms with Crippen LogP contribution in [0.1, 0.15) is 26.3 Å². The minimum atomic E-state index is 0.181. The summed E-state index contributed by atoms with van der Waals surface area (Å²) in [5.74, 6) is 0.664. The third-order valence-corrected chi connectivity index (χ3v) is 4.73. The van der Waals surface area contributed by atoms with Gasteiger partial charge in [-0.2, -0.15) is 0 Å². The lowest BCUT2D eigenvalue weighted by Gasteiger charge is -2.34. The van der Waals surface area contributed by atoms with Crippen molar-refractivity contribution in [3.05, 3.63) is 29.8 Å². The summed E-state index contributed by atoms with van der Waals surface area (Å²) in [6, 6.07) is 8.79. The molecule has 1 saturated heterocycles. The molecule has 1 fully saturated rings. The highest BCUT2D eigenvalue weighted by Crippen LogP contribution is 2.18. The smallest absolute Gasteiger partial charge is 0.275 e. The largest absolute Gasteiger partial charge is 0.360 e. The molecule has 2 N–H and O–H groups in total. The zero-order valence-corrected chi connectivity index (χ0v) is 14.4. The van der Waals surface area contributed by atoms with Crippen molar-refractivity contribution in [2.75, 3.05) is 37.6 Å². The molecule has 1 heterocycles. The average Bonchev–Trinajstić information content (AvgIpc) is 2.48. The van der Waals surface area contributed by atoms with Gasteiger partial charge in [-0.25, -0.2) is 0 Å². The monoisotopic (exact) mass is 304 g/mol. The summed E-state index contributed by atoms with van der Waals surface area (Å²) in [6.45, 7) is 13.2. The summed E-state index contributed by atoms with van der Waals surface area (Å²) >= 11 is 0. The van der Waals surface area contributed by atoms with Crippen LogP contribution in [0.2, 0.25) is 0 Å². The summed E-state index contributed by atoms with van der Waals surface area (Å²) in [5.41, 5.74) is 2.66. The Hall–Kier alpha value is -1.55. The number of rotatable bonds is 5. The van der Waals surface area contributed by atoms with Crippen molar-refractivity contribution in [2.45, 2.75) is 33.7 Å². The SMILES string of the molecule is Cc1ccccc1N1CC[NH+](CC(=O)N[C@H](C)C(C)C)CC1. The van der Waals surface area contributed by atoms with Gasteiger partial charge in [0.15, 0.2) is 6.54 Å². The van der Waals surface area contributed by atoms with E-state index in [-0.39, 0.29) is 11.9 Å². The number of nitrogens with zero attached hydrogens (tertiary/aromatic N) is 1. The Morgan fingerprint density at radius 1 is 1.23 bits per heavy atom. The Kier molecular flexibility index (Phi) is 5.83. The third-order valence-electron chi connectivity index (χ3n) is 4.73. The number of anilines is 1. The molecule has 1 amide bonds. The number of quaternary nitrogens is 1. The number of piperazine rings is 1. The Morgan fingerprint density at radius 2 is 1.86 bits per heavy atom. The van der Waals surface area contributed by atoms with Crippen LogP contribution in [0.4, 0.5) is 5.69 Å². The Morgan fingerprint density at radius 3 is 2.45 bits per heavy atom. The van der Waals surface area contributed by atoms with Gasteiger partial charge < -0.3 is 15.1 Å².